The van der Waals surface area contributed by atoms with E-state index in [9.17, 15) is 14.7 Å². The summed E-state index contributed by atoms with van der Waals surface area (Å²) in [4.78, 5) is 23.3. The third-order valence-electron chi connectivity index (χ3n) is 3.13. The molecule has 0 bridgehead atoms. The number of thiol groups is 1. The smallest absolute Gasteiger partial charge is 0.336 e. The van der Waals surface area contributed by atoms with Crippen molar-refractivity contribution in [1.82, 2.24) is 0 Å². The van der Waals surface area contributed by atoms with Crippen molar-refractivity contribution in [2.75, 3.05) is 22.0 Å². The van der Waals surface area contributed by atoms with E-state index in [1.165, 1.54) is 26.2 Å². The predicted molar refractivity (Wildman–Crippen MR) is 101 cm³/mol. The number of benzene rings is 2. The van der Waals surface area contributed by atoms with Crippen molar-refractivity contribution in [3.63, 3.8) is 0 Å². The van der Waals surface area contributed by atoms with Crippen LogP contribution in [0.2, 0.25) is 5.02 Å². The minimum Gasteiger partial charge on any atom is -0.506 e. The second-order valence-corrected chi connectivity index (χ2v) is 5.78. The first-order valence-electron chi connectivity index (χ1n) is 7.06. The molecule has 9 heteroatoms. The number of amides is 3. The summed E-state index contributed by atoms with van der Waals surface area (Å²) >= 11 is 10.0. The van der Waals surface area contributed by atoms with Gasteiger partial charge in [0.1, 0.15) is 17.2 Å². The number of hydrogen-bond acceptors (Lipinski definition) is 5. The third-order valence-corrected chi connectivity index (χ3v) is 3.83. The Morgan fingerprint density at radius 1 is 1.16 bits per heavy atom. The molecule has 132 valence electrons. The molecular weight excluding hydrogens is 366 g/mol. The lowest BCUT2D eigenvalue weighted by Gasteiger charge is -2.20. The average molecular weight is 382 g/mol. The van der Waals surface area contributed by atoms with E-state index in [2.05, 4.69) is 23.4 Å². The van der Waals surface area contributed by atoms with E-state index in [0.29, 0.717) is 11.4 Å². The highest BCUT2D eigenvalue weighted by Crippen LogP contribution is 2.38. The molecule has 0 saturated carbocycles. The number of nitrogens with one attached hydrogen (secondary N) is 2. The van der Waals surface area contributed by atoms with Crippen molar-refractivity contribution in [2.24, 2.45) is 0 Å². The molecule has 0 aromatic heterocycles. The normalized spacial score (nSPS) is 10.1. The van der Waals surface area contributed by atoms with Crippen LogP contribution >= 0.6 is 24.4 Å². The van der Waals surface area contributed by atoms with Crippen molar-refractivity contribution in [3.05, 3.63) is 41.4 Å². The second kappa shape index (κ2) is 8.00. The number of ether oxygens (including phenoxy) is 1. The quantitative estimate of drug-likeness (QED) is 0.604. The Kier molecular flexibility index (Phi) is 6.00. The van der Waals surface area contributed by atoms with Gasteiger partial charge in [0.25, 0.3) is 0 Å². The first kappa shape index (κ1) is 18.8. The molecule has 0 atom stereocenters. The third kappa shape index (κ3) is 4.71. The van der Waals surface area contributed by atoms with E-state index in [-0.39, 0.29) is 28.1 Å². The molecule has 25 heavy (non-hydrogen) atoms. The number of phenolic OH excluding ortho intramolecular Hbond substituents is 1. The maximum Gasteiger partial charge on any atom is 0.336 e. The highest BCUT2D eigenvalue weighted by molar-refractivity contribution is 7.82. The first-order chi connectivity index (χ1) is 11.8. The van der Waals surface area contributed by atoms with Crippen LogP contribution in [0, 0.1) is 0 Å². The lowest BCUT2D eigenvalue weighted by Crippen LogP contribution is -2.27. The molecule has 0 aliphatic heterocycles. The van der Waals surface area contributed by atoms with Crippen molar-refractivity contribution in [2.45, 2.75) is 6.92 Å². The SMILES string of the molecule is COc1cc(O)c(Cl)cc1N(S)C(=O)Nc1ccc(NC(C)=O)cc1. The van der Waals surface area contributed by atoms with E-state index >= 15 is 0 Å². The number of methoxy groups -OCH3 is 1. The summed E-state index contributed by atoms with van der Waals surface area (Å²) < 4.78 is 6.13. The van der Waals surface area contributed by atoms with Gasteiger partial charge in [-0.25, -0.2) is 9.10 Å². The highest BCUT2D eigenvalue weighted by atomic mass is 35.5. The van der Waals surface area contributed by atoms with Gasteiger partial charge in [-0.1, -0.05) is 24.4 Å². The zero-order chi connectivity index (χ0) is 18.6. The first-order valence-corrected chi connectivity index (χ1v) is 7.83. The number of carbonyl (C=O) groups excluding carboxylic acids is 2. The van der Waals surface area contributed by atoms with Crippen LogP contribution in [0.25, 0.3) is 0 Å². The molecule has 0 aliphatic rings. The van der Waals surface area contributed by atoms with Crippen LogP contribution in [0.3, 0.4) is 0 Å². The minimum absolute atomic E-state index is 0.0577. The number of rotatable bonds is 4. The number of carbonyl (C=O) groups is 2. The van der Waals surface area contributed by atoms with Crippen LogP contribution in [0.1, 0.15) is 6.92 Å². The Balaban J connectivity index is 2.15. The van der Waals surface area contributed by atoms with Gasteiger partial charge in [0.15, 0.2) is 0 Å². The molecule has 0 unspecified atom stereocenters. The molecule has 0 saturated heterocycles. The zero-order valence-electron chi connectivity index (χ0n) is 13.4. The lowest BCUT2D eigenvalue weighted by molar-refractivity contribution is -0.114. The van der Waals surface area contributed by atoms with Gasteiger partial charge in [-0.05, 0) is 30.3 Å². The molecule has 7 nitrogen and oxygen atoms in total. The van der Waals surface area contributed by atoms with E-state index in [4.69, 9.17) is 16.3 Å². The van der Waals surface area contributed by atoms with Gasteiger partial charge in [-0.3, -0.25) is 4.79 Å². The molecule has 0 aliphatic carbocycles. The van der Waals surface area contributed by atoms with Crippen molar-refractivity contribution in [1.29, 1.82) is 0 Å². The van der Waals surface area contributed by atoms with Gasteiger partial charge in [-0.2, -0.15) is 0 Å². The summed E-state index contributed by atoms with van der Waals surface area (Å²) in [7, 11) is 1.40. The Labute approximate surface area is 155 Å². The predicted octanol–water partition coefficient (Wildman–Crippen LogP) is 3.90. The number of nitrogens with zero attached hydrogens (tertiary/aromatic N) is 1. The molecule has 0 spiro atoms. The average Bonchev–Trinajstić information content (AvgIpc) is 2.57. The Morgan fingerprint density at radius 2 is 1.72 bits per heavy atom. The zero-order valence-corrected chi connectivity index (χ0v) is 15.1. The van der Waals surface area contributed by atoms with Gasteiger partial charge in [0.05, 0.1) is 12.1 Å². The van der Waals surface area contributed by atoms with Crippen LogP contribution < -0.4 is 19.7 Å². The van der Waals surface area contributed by atoms with Crippen molar-refractivity contribution >= 4 is 53.4 Å². The fourth-order valence-electron chi connectivity index (χ4n) is 1.99. The number of phenols is 1. The molecule has 0 fully saturated rings. The maximum atomic E-state index is 12.3. The molecule has 2 aromatic rings. The van der Waals surface area contributed by atoms with Gasteiger partial charge in [-0.15, -0.1) is 0 Å². The lowest BCUT2D eigenvalue weighted by atomic mass is 10.2. The maximum absolute atomic E-state index is 12.3. The number of halogens is 1. The fourth-order valence-corrected chi connectivity index (χ4v) is 2.35. The van der Waals surface area contributed by atoms with Crippen LogP contribution in [0.4, 0.5) is 21.9 Å². The van der Waals surface area contributed by atoms with E-state index in [1.54, 1.807) is 24.3 Å². The highest BCUT2D eigenvalue weighted by Gasteiger charge is 2.19. The van der Waals surface area contributed by atoms with Gasteiger partial charge in [0, 0.05) is 24.4 Å². The Morgan fingerprint density at radius 3 is 2.24 bits per heavy atom. The van der Waals surface area contributed by atoms with Crippen LogP contribution in [0.5, 0.6) is 11.5 Å². The van der Waals surface area contributed by atoms with E-state index < -0.39 is 6.03 Å². The minimum atomic E-state index is -0.560. The topological polar surface area (TPSA) is 90.9 Å². The molecule has 0 heterocycles. The summed E-state index contributed by atoms with van der Waals surface area (Å²) in [5.41, 5.74) is 1.38. The Bertz CT molecular complexity index is 799. The molecule has 3 amide bonds. The Hall–Kier alpha value is -2.58. The van der Waals surface area contributed by atoms with Gasteiger partial charge >= 0.3 is 6.03 Å². The largest absolute Gasteiger partial charge is 0.506 e. The molecule has 3 N–H and O–H groups in total. The molecule has 0 radical (unpaired) electrons. The van der Waals surface area contributed by atoms with E-state index in [0.717, 1.165) is 4.31 Å². The van der Waals surface area contributed by atoms with Crippen molar-refractivity contribution < 1.29 is 19.4 Å². The summed E-state index contributed by atoms with van der Waals surface area (Å²) in [5.74, 6) is -0.124. The molecule has 2 rings (SSSR count). The monoisotopic (exact) mass is 381 g/mol. The summed E-state index contributed by atoms with van der Waals surface area (Å²) in [5, 5.41) is 14.9. The van der Waals surface area contributed by atoms with Crippen LogP contribution in [0.15, 0.2) is 36.4 Å². The summed E-state index contributed by atoms with van der Waals surface area (Å²) in [6.45, 7) is 1.41. The number of anilines is 3. The summed E-state index contributed by atoms with van der Waals surface area (Å²) in [6.07, 6.45) is 0. The summed E-state index contributed by atoms with van der Waals surface area (Å²) in [6, 6.07) is 8.65. The van der Waals surface area contributed by atoms with Crippen molar-refractivity contribution in [3.8, 4) is 11.5 Å². The standard InChI is InChI=1S/C16H16ClN3O4S/c1-9(21)18-10-3-5-11(6-4-10)19-16(23)20(25)13-7-12(17)14(22)8-15(13)24-2/h3-8,22,25H,1-2H3,(H,18,21)(H,19,23). The van der Waals surface area contributed by atoms with Crippen LogP contribution in [-0.4, -0.2) is 24.2 Å². The molecule has 2 aromatic carbocycles. The number of urea groups is 1. The molecular formula is C16H16ClN3O4S. The second-order valence-electron chi connectivity index (χ2n) is 4.98. The number of aromatic hydroxyl groups is 1. The number of hydrogen-bond donors (Lipinski definition) is 4. The van der Waals surface area contributed by atoms with Gasteiger partial charge in [0.2, 0.25) is 5.91 Å². The van der Waals surface area contributed by atoms with Gasteiger partial charge < -0.3 is 20.5 Å². The van der Waals surface area contributed by atoms with Crippen LogP contribution in [-0.2, 0) is 4.79 Å². The fraction of sp³-hybridized carbons (Fsp3) is 0.125. The van der Waals surface area contributed by atoms with E-state index in [1.807, 2.05) is 0 Å².